The van der Waals surface area contributed by atoms with Crippen LogP contribution in [0.25, 0.3) is 22.3 Å². The third-order valence-corrected chi connectivity index (χ3v) is 9.14. The average molecular weight is 539 g/mol. The first kappa shape index (κ1) is 25.0. The molecule has 0 radical (unpaired) electrons. The molecule has 6 rings (SSSR count). The normalized spacial score (nSPS) is 21.1. The first-order valence-electron chi connectivity index (χ1n) is 12.6. The standard InChI is InChI=1S/C27H27FN4O5S/c1-3-27(36)15-7-19-23-13(9-32(19)25(34)14(15)10-37-26(27)35)21-18(30-20(33)5-4-6-29)11-38-24-12(2)16(28)8-17(31-23)22(21)24/h7-8,18,36H,3-6,9-11,29H2,1-2H3,(H,30,33)/t18-,27-/m0/s1. The number of cyclic esters (lactones) is 1. The van der Waals surface area contributed by atoms with E-state index in [1.165, 1.54) is 17.8 Å². The summed E-state index contributed by atoms with van der Waals surface area (Å²) in [5, 5.41) is 15.0. The molecule has 3 aromatic rings. The van der Waals surface area contributed by atoms with Gasteiger partial charge in [-0.2, -0.15) is 0 Å². The molecule has 0 fully saturated rings. The number of nitrogens with one attached hydrogen (secondary N) is 1. The highest BCUT2D eigenvalue weighted by Gasteiger charge is 2.46. The lowest BCUT2D eigenvalue weighted by Gasteiger charge is -2.31. The van der Waals surface area contributed by atoms with Crippen LogP contribution in [0, 0.1) is 12.7 Å². The molecule has 1 amide bonds. The van der Waals surface area contributed by atoms with Crippen LogP contribution in [-0.2, 0) is 33.1 Å². The Morgan fingerprint density at radius 1 is 1.37 bits per heavy atom. The third kappa shape index (κ3) is 3.45. The number of hydrogen-bond donors (Lipinski definition) is 3. The number of benzene rings is 1. The van der Waals surface area contributed by atoms with Crippen LogP contribution in [0.3, 0.4) is 0 Å². The van der Waals surface area contributed by atoms with Gasteiger partial charge in [-0.3, -0.25) is 9.59 Å². The maximum Gasteiger partial charge on any atom is 0.343 e. The maximum absolute atomic E-state index is 15.0. The van der Waals surface area contributed by atoms with Crippen molar-refractivity contribution in [3.63, 3.8) is 0 Å². The van der Waals surface area contributed by atoms with E-state index in [0.29, 0.717) is 47.6 Å². The Hall–Kier alpha value is -3.28. The number of nitrogens with two attached hydrogens (primary N) is 1. The third-order valence-electron chi connectivity index (χ3n) is 7.85. The van der Waals surface area contributed by atoms with Crippen molar-refractivity contribution >= 4 is 34.5 Å². The molecular weight excluding hydrogens is 511 g/mol. The van der Waals surface area contributed by atoms with Crippen LogP contribution in [-0.4, -0.2) is 38.8 Å². The number of aliphatic hydroxyl groups is 1. The molecule has 5 heterocycles. The van der Waals surface area contributed by atoms with Gasteiger partial charge in [0.05, 0.1) is 35.1 Å². The van der Waals surface area contributed by atoms with E-state index < -0.39 is 11.6 Å². The minimum absolute atomic E-state index is 0.0347. The number of amides is 1. The lowest BCUT2D eigenvalue weighted by atomic mass is 9.86. The van der Waals surface area contributed by atoms with Gasteiger partial charge in [-0.1, -0.05) is 6.92 Å². The molecule has 2 atom stereocenters. The molecule has 2 aromatic heterocycles. The summed E-state index contributed by atoms with van der Waals surface area (Å²) >= 11 is 1.48. The molecule has 3 aliphatic rings. The topological polar surface area (TPSA) is 137 Å². The molecule has 0 spiro atoms. The van der Waals surface area contributed by atoms with Crippen molar-refractivity contribution in [1.29, 1.82) is 0 Å². The molecule has 0 unspecified atom stereocenters. The number of pyridine rings is 2. The second-order valence-electron chi connectivity index (χ2n) is 9.99. The van der Waals surface area contributed by atoms with Gasteiger partial charge in [-0.15, -0.1) is 11.8 Å². The molecule has 0 bridgehead atoms. The Labute approximate surface area is 221 Å². The SMILES string of the molecule is CC[C@@]1(O)C(=O)OCc2c1cc1n(c2=O)Cc2c-1nc1cc(F)c(C)c3c1c2[C@@H](NC(=O)CCCN)CS3. The van der Waals surface area contributed by atoms with Crippen molar-refractivity contribution in [2.45, 2.75) is 62.8 Å². The van der Waals surface area contributed by atoms with Crippen LogP contribution >= 0.6 is 11.8 Å². The number of halogens is 1. The van der Waals surface area contributed by atoms with Crippen LogP contribution in [0.1, 0.15) is 60.0 Å². The van der Waals surface area contributed by atoms with Crippen molar-refractivity contribution in [2.24, 2.45) is 5.73 Å². The van der Waals surface area contributed by atoms with E-state index in [1.807, 2.05) is 0 Å². The predicted octanol–water partition coefficient (Wildman–Crippen LogP) is 2.53. The van der Waals surface area contributed by atoms with E-state index in [1.54, 1.807) is 24.5 Å². The monoisotopic (exact) mass is 538 g/mol. The van der Waals surface area contributed by atoms with Crippen LogP contribution in [0.2, 0.25) is 0 Å². The molecule has 3 aliphatic heterocycles. The molecule has 9 nitrogen and oxygen atoms in total. The van der Waals surface area contributed by atoms with Crippen molar-refractivity contribution in [3.8, 4) is 11.4 Å². The minimum Gasteiger partial charge on any atom is -0.458 e. The number of nitrogens with zero attached hydrogens (tertiary/aromatic N) is 2. The quantitative estimate of drug-likeness (QED) is 0.330. The first-order valence-corrected chi connectivity index (χ1v) is 13.6. The van der Waals surface area contributed by atoms with Gasteiger partial charge in [0.25, 0.3) is 5.56 Å². The van der Waals surface area contributed by atoms with Gasteiger partial charge < -0.3 is 25.5 Å². The number of aromatic nitrogens is 2. The molecule has 11 heteroatoms. The van der Waals surface area contributed by atoms with E-state index >= 15 is 0 Å². The smallest absolute Gasteiger partial charge is 0.343 e. The summed E-state index contributed by atoms with van der Waals surface area (Å²) in [6.07, 6.45) is 0.885. The molecule has 0 aliphatic carbocycles. The Balaban J connectivity index is 1.60. The van der Waals surface area contributed by atoms with Gasteiger partial charge >= 0.3 is 5.97 Å². The fourth-order valence-corrected chi connectivity index (χ4v) is 7.02. The fourth-order valence-electron chi connectivity index (χ4n) is 5.77. The van der Waals surface area contributed by atoms with Crippen LogP contribution < -0.4 is 16.6 Å². The fraction of sp³-hybridized carbons (Fsp3) is 0.407. The predicted molar refractivity (Wildman–Crippen MR) is 139 cm³/mol. The first-order chi connectivity index (χ1) is 18.2. The summed E-state index contributed by atoms with van der Waals surface area (Å²) < 4.78 is 21.7. The zero-order valence-corrected chi connectivity index (χ0v) is 21.8. The van der Waals surface area contributed by atoms with Gasteiger partial charge in [0.2, 0.25) is 5.91 Å². The Bertz CT molecular complexity index is 1620. The molecule has 38 heavy (non-hydrogen) atoms. The number of carbonyl (C=O) groups excluding carboxylic acids is 2. The largest absolute Gasteiger partial charge is 0.458 e. The average Bonchev–Trinajstić information content (AvgIpc) is 3.27. The van der Waals surface area contributed by atoms with Gasteiger partial charge in [-0.05, 0) is 43.5 Å². The van der Waals surface area contributed by atoms with Gasteiger partial charge in [0.15, 0.2) is 5.60 Å². The number of rotatable bonds is 5. The Kier molecular flexibility index (Phi) is 5.85. The highest BCUT2D eigenvalue weighted by atomic mass is 32.2. The molecule has 4 N–H and O–H groups in total. The number of fused-ring (bicyclic) bond motifs is 5. The summed E-state index contributed by atoms with van der Waals surface area (Å²) in [5.41, 5.74) is 7.17. The van der Waals surface area contributed by atoms with Crippen molar-refractivity contribution < 1.29 is 23.8 Å². The van der Waals surface area contributed by atoms with E-state index in [4.69, 9.17) is 15.5 Å². The minimum atomic E-state index is -1.94. The highest BCUT2D eigenvalue weighted by molar-refractivity contribution is 7.99. The van der Waals surface area contributed by atoms with Gasteiger partial charge in [-0.25, -0.2) is 14.2 Å². The summed E-state index contributed by atoms with van der Waals surface area (Å²) in [6, 6.07) is 2.64. The van der Waals surface area contributed by atoms with Gasteiger partial charge in [0, 0.05) is 39.6 Å². The van der Waals surface area contributed by atoms with Crippen molar-refractivity contribution in [2.75, 3.05) is 12.3 Å². The summed E-state index contributed by atoms with van der Waals surface area (Å²) in [5.74, 6) is -0.811. The van der Waals surface area contributed by atoms with E-state index in [0.717, 1.165) is 21.4 Å². The second-order valence-corrected chi connectivity index (χ2v) is 11.0. The number of esters is 1. The van der Waals surface area contributed by atoms with E-state index in [2.05, 4.69) is 5.32 Å². The lowest BCUT2D eigenvalue weighted by molar-refractivity contribution is -0.172. The van der Waals surface area contributed by atoms with Gasteiger partial charge in [0.1, 0.15) is 12.4 Å². The molecule has 0 saturated heterocycles. The maximum atomic E-state index is 15.0. The molecule has 198 valence electrons. The molecule has 1 aromatic carbocycles. The summed E-state index contributed by atoms with van der Waals surface area (Å²) in [7, 11) is 0. The number of ether oxygens (including phenoxy) is 1. The Morgan fingerprint density at radius 2 is 2.16 bits per heavy atom. The van der Waals surface area contributed by atoms with E-state index in [9.17, 15) is 23.9 Å². The zero-order valence-electron chi connectivity index (χ0n) is 21.0. The zero-order chi connectivity index (χ0) is 26.9. The van der Waals surface area contributed by atoms with Crippen LogP contribution in [0.15, 0.2) is 21.8 Å². The summed E-state index contributed by atoms with van der Waals surface area (Å²) in [6.45, 7) is 3.75. The number of hydrogen-bond acceptors (Lipinski definition) is 8. The second kappa shape index (κ2) is 8.89. The Morgan fingerprint density at radius 3 is 2.89 bits per heavy atom. The highest BCUT2D eigenvalue weighted by Crippen LogP contribution is 2.48. The van der Waals surface area contributed by atoms with E-state index in [-0.39, 0.29) is 54.0 Å². The number of thioether (sulfide) groups is 1. The van der Waals surface area contributed by atoms with Crippen molar-refractivity contribution in [3.05, 3.63) is 56.1 Å². The number of carbonyl (C=O) groups is 2. The lowest BCUT2D eigenvalue weighted by Crippen LogP contribution is -2.44. The molecule has 0 saturated carbocycles. The summed E-state index contributed by atoms with van der Waals surface area (Å²) in [4.78, 5) is 44.4. The van der Waals surface area contributed by atoms with Crippen molar-refractivity contribution in [1.82, 2.24) is 14.9 Å². The van der Waals surface area contributed by atoms with Crippen LogP contribution in [0.5, 0.6) is 0 Å². The van der Waals surface area contributed by atoms with Crippen LogP contribution in [0.4, 0.5) is 4.39 Å². The molecular formula is C27H27FN4O5S.